The number of phenols is 1. The number of aromatic hydroxyl groups is 1. The van der Waals surface area contributed by atoms with Crippen LogP contribution in [-0.4, -0.2) is 17.7 Å². The molecule has 0 aliphatic heterocycles. The Kier molecular flexibility index (Phi) is 8.86. The maximum atomic E-state index is 13.4. The van der Waals surface area contributed by atoms with E-state index in [2.05, 4.69) is 11.8 Å². The van der Waals surface area contributed by atoms with Gasteiger partial charge < -0.3 is 9.84 Å². The zero-order chi connectivity index (χ0) is 25.3. The molecule has 0 heterocycles. The van der Waals surface area contributed by atoms with Gasteiger partial charge in [0.15, 0.2) is 0 Å². The standard InChI is InChI=1S/C27H22F3NO3/c1-4-6-19(8-7-18(3)17-31)24-15-22(26(33)34-5-2)12-10-20(24)9-11-21-13-14-23(32)16-25(21)27(28,29)30/h4,6-8,10,12-16,32H,5H2,1-3H3/b6-4-,18-7+,19-8+. The fourth-order valence-corrected chi connectivity index (χ4v) is 2.91. The van der Waals surface area contributed by atoms with Crippen LogP contribution in [0.25, 0.3) is 5.57 Å². The first-order valence-electron chi connectivity index (χ1n) is 10.3. The number of rotatable bonds is 5. The van der Waals surface area contributed by atoms with Crippen molar-refractivity contribution in [2.45, 2.75) is 26.9 Å². The molecule has 0 saturated carbocycles. The SMILES string of the molecule is C\C=C/C(=C\C=C(/C)C#N)c1cc(C(=O)OCC)ccc1C#Cc1ccc(O)cc1C(F)(F)F. The summed E-state index contributed by atoms with van der Waals surface area (Å²) in [6.07, 6.45) is 2.03. The Bertz CT molecular complexity index is 1270. The smallest absolute Gasteiger partial charge is 0.417 e. The summed E-state index contributed by atoms with van der Waals surface area (Å²) in [5.74, 6) is 4.22. The third-order valence-corrected chi connectivity index (χ3v) is 4.52. The highest BCUT2D eigenvalue weighted by Gasteiger charge is 2.33. The van der Waals surface area contributed by atoms with E-state index >= 15 is 0 Å². The third kappa shape index (κ3) is 6.88. The van der Waals surface area contributed by atoms with E-state index < -0.39 is 23.5 Å². The molecule has 0 amide bonds. The minimum atomic E-state index is -4.70. The van der Waals surface area contributed by atoms with Gasteiger partial charge in [-0.15, -0.1) is 0 Å². The Hall–Kier alpha value is -4.23. The number of alkyl halides is 3. The van der Waals surface area contributed by atoms with Crippen LogP contribution in [-0.2, 0) is 10.9 Å². The summed E-state index contributed by atoms with van der Waals surface area (Å²) < 4.78 is 45.3. The molecule has 0 spiro atoms. The number of benzene rings is 2. The maximum absolute atomic E-state index is 13.4. The molecule has 2 aromatic carbocycles. The molecule has 174 valence electrons. The zero-order valence-electron chi connectivity index (χ0n) is 18.8. The van der Waals surface area contributed by atoms with Gasteiger partial charge in [0.1, 0.15) is 5.75 Å². The molecule has 1 N–H and O–H groups in total. The van der Waals surface area contributed by atoms with Gasteiger partial charge in [-0.2, -0.15) is 18.4 Å². The van der Waals surface area contributed by atoms with Crippen molar-refractivity contribution in [2.24, 2.45) is 0 Å². The van der Waals surface area contributed by atoms with E-state index in [4.69, 9.17) is 10.00 Å². The zero-order valence-corrected chi connectivity index (χ0v) is 18.8. The van der Waals surface area contributed by atoms with Crippen LogP contribution in [0.15, 0.2) is 66.3 Å². The normalized spacial score (nSPS) is 12.1. The van der Waals surface area contributed by atoms with Crippen LogP contribution in [0.1, 0.15) is 53.4 Å². The van der Waals surface area contributed by atoms with Gasteiger partial charge in [-0.1, -0.05) is 30.1 Å². The lowest BCUT2D eigenvalue weighted by Gasteiger charge is -2.10. The highest BCUT2D eigenvalue weighted by molar-refractivity contribution is 5.92. The van der Waals surface area contributed by atoms with Crippen molar-refractivity contribution in [3.63, 3.8) is 0 Å². The number of esters is 1. The predicted molar refractivity (Wildman–Crippen MR) is 124 cm³/mol. The summed E-state index contributed by atoms with van der Waals surface area (Å²) in [4.78, 5) is 12.3. The molecule has 2 rings (SSSR count). The Morgan fingerprint density at radius 3 is 2.41 bits per heavy atom. The summed E-state index contributed by atoms with van der Waals surface area (Å²) in [5.41, 5.74) is 0.764. The molecule has 34 heavy (non-hydrogen) atoms. The van der Waals surface area contributed by atoms with Gasteiger partial charge in [0, 0.05) is 16.7 Å². The fourth-order valence-electron chi connectivity index (χ4n) is 2.91. The van der Waals surface area contributed by atoms with Crippen LogP contribution in [0.2, 0.25) is 0 Å². The van der Waals surface area contributed by atoms with E-state index in [0.717, 1.165) is 12.1 Å². The van der Waals surface area contributed by atoms with Crippen molar-refractivity contribution in [1.82, 2.24) is 0 Å². The van der Waals surface area contributed by atoms with Crippen molar-refractivity contribution in [1.29, 1.82) is 5.26 Å². The summed E-state index contributed by atoms with van der Waals surface area (Å²) >= 11 is 0. The number of carbonyl (C=O) groups is 1. The number of allylic oxidation sites excluding steroid dienone is 6. The van der Waals surface area contributed by atoms with E-state index in [0.29, 0.717) is 28.3 Å². The van der Waals surface area contributed by atoms with Gasteiger partial charge in [-0.3, -0.25) is 0 Å². The lowest BCUT2D eigenvalue weighted by atomic mass is 9.95. The molecule has 0 fully saturated rings. The summed E-state index contributed by atoms with van der Waals surface area (Å²) in [5, 5.41) is 18.5. The van der Waals surface area contributed by atoms with Gasteiger partial charge in [0.05, 0.1) is 23.8 Å². The molecule has 0 aliphatic carbocycles. The van der Waals surface area contributed by atoms with E-state index in [1.807, 2.05) is 6.07 Å². The number of ether oxygens (including phenoxy) is 1. The van der Waals surface area contributed by atoms with Crippen molar-refractivity contribution in [3.8, 4) is 23.7 Å². The average molecular weight is 465 g/mol. The highest BCUT2D eigenvalue weighted by Crippen LogP contribution is 2.34. The average Bonchev–Trinajstić information content (AvgIpc) is 2.80. The molecule has 0 radical (unpaired) electrons. The van der Waals surface area contributed by atoms with Crippen molar-refractivity contribution >= 4 is 11.5 Å². The van der Waals surface area contributed by atoms with Gasteiger partial charge in [0.25, 0.3) is 0 Å². The first-order chi connectivity index (χ1) is 16.1. The Labute approximate surface area is 196 Å². The highest BCUT2D eigenvalue weighted by atomic mass is 19.4. The second-order valence-electron chi connectivity index (χ2n) is 7.04. The van der Waals surface area contributed by atoms with Gasteiger partial charge in [-0.25, -0.2) is 4.79 Å². The van der Waals surface area contributed by atoms with Crippen molar-refractivity contribution in [2.75, 3.05) is 6.61 Å². The number of nitriles is 1. The molecule has 0 unspecified atom stereocenters. The van der Waals surface area contributed by atoms with Crippen LogP contribution < -0.4 is 0 Å². The lowest BCUT2D eigenvalue weighted by molar-refractivity contribution is -0.137. The number of nitrogens with zero attached hydrogens (tertiary/aromatic N) is 1. The first-order valence-corrected chi connectivity index (χ1v) is 10.3. The Morgan fingerprint density at radius 1 is 1.12 bits per heavy atom. The second-order valence-corrected chi connectivity index (χ2v) is 7.04. The first kappa shape index (κ1) is 26.0. The van der Waals surface area contributed by atoms with Crippen LogP contribution >= 0.6 is 0 Å². The van der Waals surface area contributed by atoms with Gasteiger partial charge in [-0.05, 0) is 74.4 Å². The van der Waals surface area contributed by atoms with Crippen LogP contribution in [0.3, 0.4) is 0 Å². The molecule has 0 aliphatic rings. The molecular weight excluding hydrogens is 443 g/mol. The minimum absolute atomic E-state index is 0.179. The van der Waals surface area contributed by atoms with Crippen molar-refractivity contribution < 1.29 is 27.8 Å². The molecule has 0 atom stereocenters. The van der Waals surface area contributed by atoms with Gasteiger partial charge in [0.2, 0.25) is 0 Å². The number of carbonyl (C=O) groups excluding carboxylic acids is 1. The predicted octanol–water partition coefficient (Wildman–Crippen LogP) is 6.42. The monoisotopic (exact) mass is 465 g/mol. The van der Waals surface area contributed by atoms with E-state index in [9.17, 15) is 23.1 Å². The lowest BCUT2D eigenvalue weighted by Crippen LogP contribution is -2.07. The number of halogens is 3. The third-order valence-electron chi connectivity index (χ3n) is 4.52. The number of hydrogen-bond donors (Lipinski definition) is 1. The van der Waals surface area contributed by atoms with E-state index in [-0.39, 0.29) is 17.7 Å². The summed E-state index contributed by atoms with van der Waals surface area (Å²) in [7, 11) is 0. The second kappa shape index (κ2) is 11.6. The maximum Gasteiger partial charge on any atom is 0.417 e. The molecular formula is C27H22F3NO3. The minimum Gasteiger partial charge on any atom is -0.508 e. The van der Waals surface area contributed by atoms with Crippen LogP contribution in [0, 0.1) is 23.2 Å². The van der Waals surface area contributed by atoms with Crippen molar-refractivity contribution in [3.05, 3.63) is 94.1 Å². The van der Waals surface area contributed by atoms with Gasteiger partial charge >= 0.3 is 12.1 Å². The number of hydrogen-bond acceptors (Lipinski definition) is 4. The summed E-state index contributed by atoms with van der Waals surface area (Å²) in [6, 6.07) is 9.41. The van der Waals surface area contributed by atoms with Crippen LogP contribution in [0.5, 0.6) is 5.75 Å². The largest absolute Gasteiger partial charge is 0.508 e. The Morgan fingerprint density at radius 2 is 1.79 bits per heavy atom. The molecule has 0 bridgehead atoms. The molecule has 4 nitrogen and oxygen atoms in total. The summed E-state index contributed by atoms with van der Waals surface area (Å²) in [6.45, 7) is 5.26. The number of phenolic OH excluding ortho intramolecular Hbond substituents is 1. The molecule has 2 aromatic rings. The quantitative estimate of drug-likeness (QED) is 0.240. The van der Waals surface area contributed by atoms with E-state index in [1.54, 1.807) is 51.1 Å². The topological polar surface area (TPSA) is 70.3 Å². The fraction of sp³-hybridized carbons (Fsp3) is 0.185. The molecule has 0 saturated heterocycles. The van der Waals surface area contributed by atoms with Crippen LogP contribution in [0.4, 0.5) is 13.2 Å². The Balaban J connectivity index is 2.74. The molecule has 7 heteroatoms. The van der Waals surface area contributed by atoms with E-state index in [1.165, 1.54) is 12.1 Å². The molecule has 0 aromatic heterocycles.